The van der Waals surface area contributed by atoms with Gasteiger partial charge in [-0.25, -0.2) is 4.57 Å². The van der Waals surface area contributed by atoms with Crippen molar-refractivity contribution in [3.05, 3.63) is 0 Å². The maximum Gasteiger partial charge on any atom is 0.469 e. The third kappa shape index (κ3) is 24.3. The van der Waals surface area contributed by atoms with Gasteiger partial charge in [0, 0.05) is 0 Å². The number of phosphoric acid groups is 1. The molecule has 0 aromatic heterocycles. The van der Waals surface area contributed by atoms with Crippen LogP contribution < -0.4 is 0 Å². The Hall–Kier alpha value is 0.0700. The predicted octanol–water partition coefficient (Wildman–Crippen LogP) is 7.46. The van der Waals surface area contributed by atoms with Gasteiger partial charge < -0.3 is 14.7 Å². The maximum absolute atomic E-state index is 10.6. The normalized spacial score (nSPS) is 12.2. The second kappa shape index (κ2) is 22.3. The van der Waals surface area contributed by atoms with E-state index >= 15 is 0 Å². The number of hydrogen-bond donors (Lipinski definition) is 2. The summed E-state index contributed by atoms with van der Waals surface area (Å²) in [4.78, 5) is 20.0. The van der Waals surface area contributed by atoms with E-state index in [1.165, 1.54) is 116 Å². The van der Waals surface area contributed by atoms with Gasteiger partial charge in [-0.05, 0) is 45.3 Å². The molecule has 0 aliphatic carbocycles. The molecule has 0 atom stereocenters. The fraction of sp³-hybridized carbons (Fsp3) is 1.00. The minimum absolute atomic E-state index is 0.161. The zero-order chi connectivity index (χ0) is 22.3. The SMILES string of the molecule is CCCCCCCCN(CCCCCCCC)CCCCCCCCOP(=O)(O)O. The molecule has 5 nitrogen and oxygen atoms in total. The van der Waals surface area contributed by atoms with Crippen molar-refractivity contribution in [3.8, 4) is 0 Å². The fourth-order valence-corrected chi connectivity index (χ4v) is 4.26. The van der Waals surface area contributed by atoms with Crippen LogP contribution >= 0.6 is 7.82 Å². The molecule has 182 valence electrons. The molecule has 0 aliphatic rings. The quantitative estimate of drug-likeness (QED) is 0.118. The lowest BCUT2D eigenvalue weighted by atomic mass is 10.1. The number of unbranched alkanes of at least 4 members (excludes halogenated alkanes) is 15. The zero-order valence-corrected chi connectivity index (χ0v) is 21.1. The Morgan fingerprint density at radius 3 is 1.27 bits per heavy atom. The van der Waals surface area contributed by atoms with E-state index in [4.69, 9.17) is 9.79 Å². The van der Waals surface area contributed by atoms with Crippen LogP contribution in [-0.4, -0.2) is 40.9 Å². The molecule has 0 unspecified atom stereocenters. The molecular weight excluding hydrogens is 397 g/mol. The number of phosphoric ester groups is 1. The van der Waals surface area contributed by atoms with Crippen molar-refractivity contribution in [2.24, 2.45) is 0 Å². The van der Waals surface area contributed by atoms with E-state index in [2.05, 4.69) is 23.3 Å². The van der Waals surface area contributed by atoms with Gasteiger partial charge in [-0.15, -0.1) is 0 Å². The van der Waals surface area contributed by atoms with Gasteiger partial charge in [-0.3, -0.25) is 4.52 Å². The van der Waals surface area contributed by atoms with Crippen molar-refractivity contribution >= 4 is 7.82 Å². The summed E-state index contributed by atoms with van der Waals surface area (Å²) >= 11 is 0. The van der Waals surface area contributed by atoms with Crippen LogP contribution in [0.5, 0.6) is 0 Å². The molecule has 0 heterocycles. The van der Waals surface area contributed by atoms with Crippen molar-refractivity contribution < 1.29 is 18.9 Å². The van der Waals surface area contributed by atoms with Gasteiger partial charge in [0.15, 0.2) is 0 Å². The van der Waals surface area contributed by atoms with Crippen LogP contribution in [0.3, 0.4) is 0 Å². The van der Waals surface area contributed by atoms with Gasteiger partial charge in [-0.1, -0.05) is 104 Å². The van der Waals surface area contributed by atoms with Crippen LogP contribution in [0.2, 0.25) is 0 Å². The molecule has 6 heteroatoms. The van der Waals surface area contributed by atoms with E-state index in [0.717, 1.165) is 19.3 Å². The van der Waals surface area contributed by atoms with E-state index in [1.54, 1.807) is 0 Å². The highest BCUT2D eigenvalue weighted by Crippen LogP contribution is 2.35. The van der Waals surface area contributed by atoms with Crippen molar-refractivity contribution in [3.63, 3.8) is 0 Å². The lowest BCUT2D eigenvalue weighted by molar-refractivity contribution is 0.193. The minimum atomic E-state index is -4.28. The van der Waals surface area contributed by atoms with Crippen LogP contribution in [-0.2, 0) is 9.09 Å². The summed E-state index contributed by atoms with van der Waals surface area (Å²) in [7, 11) is -4.28. The van der Waals surface area contributed by atoms with E-state index in [-0.39, 0.29) is 6.61 Å². The van der Waals surface area contributed by atoms with Gasteiger partial charge in [0.2, 0.25) is 0 Å². The molecule has 0 radical (unpaired) electrons. The van der Waals surface area contributed by atoms with Gasteiger partial charge >= 0.3 is 7.82 Å². The second-order valence-electron chi connectivity index (χ2n) is 8.82. The first-order valence-electron chi connectivity index (χ1n) is 12.9. The average molecular weight is 450 g/mol. The summed E-state index contributed by atoms with van der Waals surface area (Å²) in [6.07, 6.45) is 23.0. The number of nitrogens with zero attached hydrogens (tertiary/aromatic N) is 1. The molecule has 0 spiro atoms. The monoisotopic (exact) mass is 449 g/mol. The lowest BCUT2D eigenvalue weighted by Crippen LogP contribution is -2.27. The van der Waals surface area contributed by atoms with E-state index in [9.17, 15) is 4.57 Å². The summed E-state index contributed by atoms with van der Waals surface area (Å²) in [6.45, 7) is 8.47. The Kier molecular flexibility index (Phi) is 22.3. The summed E-state index contributed by atoms with van der Waals surface area (Å²) in [5.74, 6) is 0. The first-order chi connectivity index (χ1) is 14.5. The molecule has 0 amide bonds. The molecule has 0 aliphatic heterocycles. The van der Waals surface area contributed by atoms with Gasteiger partial charge in [0.1, 0.15) is 0 Å². The summed E-state index contributed by atoms with van der Waals surface area (Å²) < 4.78 is 15.1. The molecule has 0 aromatic rings. The van der Waals surface area contributed by atoms with Gasteiger partial charge in [-0.2, -0.15) is 0 Å². The fourth-order valence-electron chi connectivity index (χ4n) is 3.89. The molecule has 2 N–H and O–H groups in total. The van der Waals surface area contributed by atoms with Crippen molar-refractivity contribution in [2.75, 3.05) is 26.2 Å². The highest BCUT2D eigenvalue weighted by molar-refractivity contribution is 7.46. The van der Waals surface area contributed by atoms with Gasteiger partial charge in [0.05, 0.1) is 6.61 Å². The summed E-state index contributed by atoms with van der Waals surface area (Å²) in [5.41, 5.74) is 0. The average Bonchev–Trinajstić information content (AvgIpc) is 2.70. The maximum atomic E-state index is 10.6. The largest absolute Gasteiger partial charge is 0.469 e. The van der Waals surface area contributed by atoms with Crippen molar-refractivity contribution in [1.82, 2.24) is 4.90 Å². The van der Waals surface area contributed by atoms with E-state index in [1.807, 2.05) is 0 Å². The minimum Gasteiger partial charge on any atom is -0.303 e. The van der Waals surface area contributed by atoms with Crippen LogP contribution in [0.1, 0.15) is 129 Å². The Labute approximate surface area is 187 Å². The van der Waals surface area contributed by atoms with Crippen LogP contribution in [0.25, 0.3) is 0 Å². The summed E-state index contributed by atoms with van der Waals surface area (Å²) in [5, 5.41) is 0. The first-order valence-corrected chi connectivity index (χ1v) is 14.4. The molecule has 0 aromatic carbocycles. The Bertz CT molecular complexity index is 373. The molecule has 0 rings (SSSR count). The first kappa shape index (κ1) is 30.1. The molecular formula is C24H52NO4P. The number of hydrogen-bond acceptors (Lipinski definition) is 3. The summed E-state index contributed by atoms with van der Waals surface area (Å²) in [6, 6.07) is 0. The van der Waals surface area contributed by atoms with Crippen molar-refractivity contribution in [2.45, 2.75) is 129 Å². The lowest BCUT2D eigenvalue weighted by Gasteiger charge is -2.22. The highest BCUT2D eigenvalue weighted by atomic mass is 31.2. The third-order valence-corrected chi connectivity index (χ3v) is 6.30. The molecule has 0 saturated heterocycles. The smallest absolute Gasteiger partial charge is 0.303 e. The van der Waals surface area contributed by atoms with Crippen LogP contribution in [0.15, 0.2) is 0 Å². The van der Waals surface area contributed by atoms with Crippen LogP contribution in [0.4, 0.5) is 0 Å². The topological polar surface area (TPSA) is 70.0 Å². The standard InChI is InChI=1S/C24H52NO4P/c1-3-5-7-9-13-17-21-25(22-18-14-10-8-6-4-2)23-19-15-11-12-16-20-24-29-30(26,27)28/h3-24H2,1-2H3,(H2,26,27,28). The zero-order valence-electron chi connectivity index (χ0n) is 20.2. The predicted molar refractivity (Wildman–Crippen MR) is 129 cm³/mol. The molecule has 30 heavy (non-hydrogen) atoms. The second-order valence-corrected chi connectivity index (χ2v) is 10.1. The van der Waals surface area contributed by atoms with E-state index < -0.39 is 7.82 Å². The molecule has 0 saturated carbocycles. The Morgan fingerprint density at radius 2 is 0.900 bits per heavy atom. The Morgan fingerprint density at radius 1 is 0.567 bits per heavy atom. The third-order valence-electron chi connectivity index (χ3n) is 5.78. The van der Waals surface area contributed by atoms with E-state index in [0.29, 0.717) is 0 Å². The number of rotatable bonds is 24. The van der Waals surface area contributed by atoms with Crippen LogP contribution in [0, 0.1) is 0 Å². The molecule has 0 bridgehead atoms. The Balaban J connectivity index is 3.81. The molecule has 0 fully saturated rings. The van der Waals surface area contributed by atoms with Gasteiger partial charge in [0.25, 0.3) is 0 Å². The highest BCUT2D eigenvalue weighted by Gasteiger charge is 2.12. The van der Waals surface area contributed by atoms with Crippen molar-refractivity contribution in [1.29, 1.82) is 0 Å².